The molecule has 0 atom stereocenters. The van der Waals surface area contributed by atoms with Crippen molar-refractivity contribution in [3.8, 4) is 11.5 Å². The number of nitrogen functional groups attached to an aromatic ring is 1. The Labute approximate surface area is 111 Å². The molecule has 2 rings (SSSR count). The van der Waals surface area contributed by atoms with Gasteiger partial charge in [0, 0.05) is 19.3 Å². The molecule has 0 unspecified atom stereocenters. The van der Waals surface area contributed by atoms with Crippen molar-refractivity contribution in [1.29, 1.82) is 0 Å². The number of carbonyl (C=O) groups is 1. The first kappa shape index (κ1) is 12.9. The average Bonchev–Trinajstić information content (AvgIpc) is 2.42. The lowest BCUT2D eigenvalue weighted by Gasteiger charge is -2.11. The lowest BCUT2D eigenvalue weighted by atomic mass is 10.2. The number of benzene rings is 1. The fraction of sp³-hybridized carbons (Fsp3) is 0.143. The van der Waals surface area contributed by atoms with E-state index in [1.165, 1.54) is 6.20 Å². The summed E-state index contributed by atoms with van der Waals surface area (Å²) in [5.41, 5.74) is 7.65. The van der Waals surface area contributed by atoms with Crippen LogP contribution in [-0.4, -0.2) is 17.9 Å². The first-order chi connectivity index (χ1) is 9.11. The predicted octanol–water partition coefficient (Wildman–Crippen LogP) is 2.12. The van der Waals surface area contributed by atoms with Gasteiger partial charge in [0.1, 0.15) is 11.4 Å². The molecule has 5 nitrogen and oxygen atoms in total. The Balaban J connectivity index is 2.31. The van der Waals surface area contributed by atoms with Crippen molar-refractivity contribution in [1.82, 2.24) is 10.3 Å². The third-order valence-corrected chi connectivity index (χ3v) is 2.65. The highest BCUT2D eigenvalue weighted by Crippen LogP contribution is 2.30. The first-order valence-electron chi connectivity index (χ1n) is 5.83. The molecule has 1 amide bonds. The third-order valence-electron chi connectivity index (χ3n) is 2.65. The van der Waals surface area contributed by atoms with E-state index < -0.39 is 0 Å². The van der Waals surface area contributed by atoms with E-state index in [0.717, 1.165) is 5.56 Å². The number of hydrogen-bond acceptors (Lipinski definition) is 4. The molecule has 5 heteroatoms. The number of carbonyl (C=O) groups excluding carboxylic acids is 1. The molecule has 1 aromatic heterocycles. The minimum absolute atomic E-state index is 0.261. The van der Waals surface area contributed by atoms with E-state index in [2.05, 4.69) is 10.3 Å². The lowest BCUT2D eigenvalue weighted by molar-refractivity contribution is 0.0958. The molecule has 19 heavy (non-hydrogen) atoms. The van der Waals surface area contributed by atoms with Crippen LogP contribution in [0.1, 0.15) is 16.1 Å². The molecule has 0 bridgehead atoms. The molecule has 0 aliphatic heterocycles. The van der Waals surface area contributed by atoms with Crippen LogP contribution in [0.4, 0.5) is 5.69 Å². The van der Waals surface area contributed by atoms with Crippen molar-refractivity contribution in [2.24, 2.45) is 0 Å². The molecule has 0 saturated heterocycles. The van der Waals surface area contributed by atoms with Gasteiger partial charge < -0.3 is 15.8 Å². The van der Waals surface area contributed by atoms with Crippen LogP contribution in [0.15, 0.2) is 36.5 Å². The number of pyridine rings is 1. The van der Waals surface area contributed by atoms with Crippen molar-refractivity contribution in [2.75, 3.05) is 12.8 Å². The molecule has 98 valence electrons. The normalized spacial score (nSPS) is 10.0. The maximum Gasteiger partial charge on any atom is 0.269 e. The predicted molar refractivity (Wildman–Crippen MR) is 73.3 cm³/mol. The topological polar surface area (TPSA) is 77.2 Å². The second kappa shape index (κ2) is 5.39. The Morgan fingerprint density at radius 3 is 2.84 bits per heavy atom. The van der Waals surface area contributed by atoms with E-state index in [0.29, 0.717) is 22.9 Å². The summed E-state index contributed by atoms with van der Waals surface area (Å²) in [6.45, 7) is 1.91. The summed E-state index contributed by atoms with van der Waals surface area (Å²) in [5, 5.41) is 2.51. The zero-order chi connectivity index (χ0) is 13.8. The van der Waals surface area contributed by atoms with Crippen LogP contribution in [0.5, 0.6) is 11.5 Å². The van der Waals surface area contributed by atoms with Gasteiger partial charge in [-0.3, -0.25) is 9.78 Å². The van der Waals surface area contributed by atoms with Crippen molar-refractivity contribution < 1.29 is 9.53 Å². The van der Waals surface area contributed by atoms with Crippen molar-refractivity contribution in [3.63, 3.8) is 0 Å². The van der Waals surface area contributed by atoms with Crippen LogP contribution in [0.3, 0.4) is 0 Å². The number of aromatic nitrogens is 1. The number of para-hydroxylation sites is 1. The second-order valence-electron chi connectivity index (χ2n) is 4.05. The van der Waals surface area contributed by atoms with Gasteiger partial charge in [0.15, 0.2) is 5.75 Å². The number of nitrogens with two attached hydrogens (primary N) is 1. The Bertz CT molecular complexity index is 591. The molecule has 1 aromatic carbocycles. The molecule has 0 fully saturated rings. The molecular formula is C14H15N3O2. The maximum absolute atomic E-state index is 11.5. The van der Waals surface area contributed by atoms with Crippen molar-refractivity contribution >= 4 is 11.6 Å². The molecule has 0 radical (unpaired) electrons. The van der Waals surface area contributed by atoms with Gasteiger partial charge in [0.25, 0.3) is 5.91 Å². The smallest absolute Gasteiger partial charge is 0.269 e. The minimum Gasteiger partial charge on any atom is -0.455 e. The SMILES string of the molecule is CNC(=O)c1cc(Oc2c(C)cccc2N)ccn1. The van der Waals surface area contributed by atoms with Gasteiger partial charge in [-0.05, 0) is 24.6 Å². The fourth-order valence-electron chi connectivity index (χ4n) is 1.66. The highest BCUT2D eigenvalue weighted by molar-refractivity contribution is 5.92. The van der Waals surface area contributed by atoms with Crippen LogP contribution in [0.25, 0.3) is 0 Å². The molecule has 0 spiro atoms. The number of ether oxygens (including phenoxy) is 1. The third kappa shape index (κ3) is 2.82. The Morgan fingerprint density at radius 2 is 2.16 bits per heavy atom. The van der Waals surface area contributed by atoms with E-state index in [-0.39, 0.29) is 5.91 Å². The largest absolute Gasteiger partial charge is 0.455 e. The monoisotopic (exact) mass is 257 g/mol. The van der Waals surface area contributed by atoms with E-state index in [1.54, 1.807) is 25.2 Å². The van der Waals surface area contributed by atoms with E-state index in [1.807, 2.05) is 19.1 Å². The summed E-state index contributed by atoms with van der Waals surface area (Å²) in [5.74, 6) is 0.856. The number of rotatable bonds is 3. The maximum atomic E-state index is 11.5. The quantitative estimate of drug-likeness (QED) is 0.826. The molecular weight excluding hydrogens is 242 g/mol. The zero-order valence-electron chi connectivity index (χ0n) is 10.8. The molecule has 2 aromatic rings. The number of hydrogen-bond donors (Lipinski definition) is 2. The zero-order valence-corrected chi connectivity index (χ0v) is 10.8. The minimum atomic E-state index is -0.261. The van der Waals surface area contributed by atoms with Gasteiger partial charge >= 0.3 is 0 Å². The van der Waals surface area contributed by atoms with E-state index in [9.17, 15) is 4.79 Å². The summed E-state index contributed by atoms with van der Waals surface area (Å²) in [4.78, 5) is 15.5. The second-order valence-corrected chi connectivity index (χ2v) is 4.05. The highest BCUT2D eigenvalue weighted by atomic mass is 16.5. The lowest BCUT2D eigenvalue weighted by Crippen LogP contribution is -2.18. The summed E-state index contributed by atoms with van der Waals surface area (Å²) < 4.78 is 5.73. The van der Waals surface area contributed by atoms with Crippen LogP contribution < -0.4 is 15.8 Å². The van der Waals surface area contributed by atoms with Gasteiger partial charge in [-0.15, -0.1) is 0 Å². The number of aryl methyl sites for hydroxylation is 1. The van der Waals surface area contributed by atoms with Gasteiger partial charge in [0.05, 0.1) is 5.69 Å². The fourth-order valence-corrected chi connectivity index (χ4v) is 1.66. The Morgan fingerprint density at radius 1 is 1.37 bits per heavy atom. The molecule has 3 N–H and O–H groups in total. The Hall–Kier alpha value is -2.56. The van der Waals surface area contributed by atoms with Crippen LogP contribution in [0, 0.1) is 6.92 Å². The summed E-state index contributed by atoms with van der Waals surface area (Å²) >= 11 is 0. The average molecular weight is 257 g/mol. The van der Waals surface area contributed by atoms with Gasteiger partial charge in [0.2, 0.25) is 0 Å². The van der Waals surface area contributed by atoms with Gasteiger partial charge in [-0.2, -0.15) is 0 Å². The van der Waals surface area contributed by atoms with Crippen LogP contribution >= 0.6 is 0 Å². The molecule has 0 aliphatic rings. The number of nitrogens with one attached hydrogen (secondary N) is 1. The van der Waals surface area contributed by atoms with Gasteiger partial charge in [-0.1, -0.05) is 12.1 Å². The Kier molecular flexibility index (Phi) is 3.66. The standard InChI is InChI=1S/C14H15N3O2/c1-9-4-3-5-11(15)13(9)19-10-6-7-17-12(8-10)14(18)16-2/h3-8H,15H2,1-2H3,(H,16,18). The number of amides is 1. The van der Waals surface area contributed by atoms with E-state index >= 15 is 0 Å². The molecule has 1 heterocycles. The van der Waals surface area contributed by atoms with Gasteiger partial charge in [-0.25, -0.2) is 0 Å². The summed E-state index contributed by atoms with van der Waals surface area (Å²) in [7, 11) is 1.55. The number of anilines is 1. The summed E-state index contributed by atoms with van der Waals surface area (Å²) in [6, 6.07) is 8.79. The van der Waals surface area contributed by atoms with E-state index in [4.69, 9.17) is 10.5 Å². The van der Waals surface area contributed by atoms with Crippen LogP contribution in [0.2, 0.25) is 0 Å². The van der Waals surface area contributed by atoms with Crippen LogP contribution in [-0.2, 0) is 0 Å². The summed E-state index contributed by atoms with van der Waals surface area (Å²) in [6.07, 6.45) is 1.52. The molecule has 0 saturated carbocycles. The number of nitrogens with zero attached hydrogens (tertiary/aromatic N) is 1. The molecule has 0 aliphatic carbocycles. The highest BCUT2D eigenvalue weighted by Gasteiger charge is 2.09. The van der Waals surface area contributed by atoms with Crippen molar-refractivity contribution in [2.45, 2.75) is 6.92 Å². The van der Waals surface area contributed by atoms with Crippen molar-refractivity contribution in [3.05, 3.63) is 47.8 Å². The first-order valence-corrected chi connectivity index (χ1v) is 5.83.